The van der Waals surface area contributed by atoms with E-state index in [4.69, 9.17) is 9.47 Å². The van der Waals surface area contributed by atoms with Crippen LogP contribution in [0.4, 0.5) is 0 Å². The zero-order valence-corrected chi connectivity index (χ0v) is 38.6. The first-order valence-electron chi connectivity index (χ1n) is 24.7. The summed E-state index contributed by atoms with van der Waals surface area (Å²) in [6, 6.07) is -0.832. The summed E-state index contributed by atoms with van der Waals surface area (Å²) in [5, 5.41) is 54.2. The fraction of sp³-hybridized carbons (Fsp3) is 0.750. The largest absolute Gasteiger partial charge is 0.394 e. The summed E-state index contributed by atoms with van der Waals surface area (Å²) in [6.07, 6.45) is 49.5. The SMILES string of the molecule is CCCCC/C=C/CC/C=C/CC/C=C/C(O)C(COC1OC(CO)C(O)C(O)C1O)NC(=O)CCCCCCCCCCCC/C=C\C/C=C\C/C=C\CCCCCCC. The van der Waals surface area contributed by atoms with Gasteiger partial charge in [-0.2, -0.15) is 0 Å². The highest BCUT2D eigenvalue weighted by molar-refractivity contribution is 5.76. The smallest absolute Gasteiger partial charge is 0.220 e. The van der Waals surface area contributed by atoms with Crippen LogP contribution in [0.1, 0.15) is 194 Å². The molecule has 6 N–H and O–H groups in total. The number of allylic oxidation sites excluding steroid dienone is 11. The lowest BCUT2D eigenvalue weighted by atomic mass is 9.99. The van der Waals surface area contributed by atoms with Crippen molar-refractivity contribution in [2.75, 3.05) is 13.2 Å². The number of carbonyl (C=O) groups is 1. The predicted molar refractivity (Wildman–Crippen MR) is 253 cm³/mol. The van der Waals surface area contributed by atoms with Gasteiger partial charge in [0.1, 0.15) is 24.4 Å². The average molecular weight is 858 g/mol. The van der Waals surface area contributed by atoms with E-state index in [9.17, 15) is 30.3 Å². The van der Waals surface area contributed by atoms with Crippen molar-refractivity contribution in [2.45, 2.75) is 236 Å². The summed E-state index contributed by atoms with van der Waals surface area (Å²) in [4.78, 5) is 13.0. The van der Waals surface area contributed by atoms with Crippen molar-refractivity contribution in [2.24, 2.45) is 0 Å². The first kappa shape index (κ1) is 56.6. The maximum Gasteiger partial charge on any atom is 0.220 e. The molecule has 0 spiro atoms. The lowest BCUT2D eigenvalue weighted by Crippen LogP contribution is -2.60. The number of carbonyl (C=O) groups excluding carboxylic acids is 1. The van der Waals surface area contributed by atoms with Crippen LogP contribution in [-0.2, 0) is 14.3 Å². The molecular formula is C52H91NO8. The molecule has 9 nitrogen and oxygen atoms in total. The van der Waals surface area contributed by atoms with Crippen LogP contribution < -0.4 is 5.32 Å². The van der Waals surface area contributed by atoms with E-state index in [1.165, 1.54) is 96.3 Å². The second-order valence-corrected chi connectivity index (χ2v) is 16.9. The number of aliphatic hydroxyl groups excluding tert-OH is 5. The minimum absolute atomic E-state index is 0.199. The third kappa shape index (κ3) is 32.0. The van der Waals surface area contributed by atoms with Crippen LogP contribution in [0.25, 0.3) is 0 Å². The Balaban J connectivity index is 2.29. The standard InChI is InChI=1S/C52H91NO8/c1-3-5-7-9-11-13-15-17-18-19-20-21-22-23-24-25-26-27-28-30-32-34-36-38-40-42-48(56)53-45(44-60-52-51(59)50(58)49(57)47(43-54)61-52)46(55)41-39-37-35-33-31-29-16-14-12-10-8-6-4-2/h12,14-15,17,19-20,22-23,31,33,39,41,45-47,49-52,54-55,57-59H,3-11,13,16,18,21,24-30,32,34-38,40,42-44H2,1-2H3,(H,53,56)/b14-12+,17-15-,20-19-,23-22-,33-31+,41-39+. The highest BCUT2D eigenvalue weighted by Crippen LogP contribution is 2.22. The second-order valence-electron chi connectivity index (χ2n) is 16.9. The Hall–Kier alpha value is -2.37. The maximum atomic E-state index is 13.0. The van der Waals surface area contributed by atoms with Crippen molar-refractivity contribution in [1.82, 2.24) is 5.32 Å². The molecule has 9 heteroatoms. The van der Waals surface area contributed by atoms with E-state index in [0.717, 1.165) is 77.0 Å². The van der Waals surface area contributed by atoms with Crippen LogP contribution in [0, 0.1) is 0 Å². The van der Waals surface area contributed by atoms with Crippen molar-refractivity contribution in [3.05, 3.63) is 72.9 Å². The van der Waals surface area contributed by atoms with E-state index in [2.05, 4.69) is 79.9 Å². The van der Waals surface area contributed by atoms with Crippen LogP contribution >= 0.6 is 0 Å². The summed E-state index contributed by atoms with van der Waals surface area (Å²) in [6.45, 7) is 3.69. The number of amides is 1. The number of hydrogen-bond donors (Lipinski definition) is 6. The Labute approximate surface area is 372 Å². The highest BCUT2D eigenvalue weighted by atomic mass is 16.7. The fourth-order valence-corrected chi connectivity index (χ4v) is 7.25. The predicted octanol–water partition coefficient (Wildman–Crippen LogP) is 10.9. The lowest BCUT2D eigenvalue weighted by molar-refractivity contribution is -0.302. The Bertz CT molecular complexity index is 1180. The zero-order valence-electron chi connectivity index (χ0n) is 38.6. The minimum atomic E-state index is -1.58. The van der Waals surface area contributed by atoms with Gasteiger partial charge in [-0.05, 0) is 83.5 Å². The van der Waals surface area contributed by atoms with Gasteiger partial charge in [0.15, 0.2) is 6.29 Å². The monoisotopic (exact) mass is 858 g/mol. The maximum absolute atomic E-state index is 13.0. The van der Waals surface area contributed by atoms with Gasteiger partial charge < -0.3 is 40.3 Å². The summed E-state index contributed by atoms with van der Waals surface area (Å²) in [7, 11) is 0. The van der Waals surface area contributed by atoms with Gasteiger partial charge in [0, 0.05) is 6.42 Å². The van der Waals surface area contributed by atoms with Crippen LogP contribution in [0.5, 0.6) is 0 Å². The first-order valence-corrected chi connectivity index (χ1v) is 24.7. The fourth-order valence-electron chi connectivity index (χ4n) is 7.25. The van der Waals surface area contributed by atoms with E-state index in [1.807, 2.05) is 6.08 Å². The molecule has 61 heavy (non-hydrogen) atoms. The van der Waals surface area contributed by atoms with E-state index in [0.29, 0.717) is 6.42 Å². The molecule has 0 radical (unpaired) electrons. The molecule has 1 amide bonds. The Morgan fingerprint density at radius 1 is 0.557 bits per heavy atom. The first-order chi connectivity index (χ1) is 29.8. The normalized spacial score (nSPS) is 21.1. The number of aliphatic hydroxyl groups is 5. The number of rotatable bonds is 40. The second kappa shape index (κ2) is 41.6. The number of nitrogens with one attached hydrogen (secondary N) is 1. The van der Waals surface area contributed by atoms with E-state index >= 15 is 0 Å². The summed E-state index contributed by atoms with van der Waals surface area (Å²) in [5.74, 6) is -0.199. The van der Waals surface area contributed by atoms with E-state index in [1.54, 1.807) is 6.08 Å². The third-order valence-corrected chi connectivity index (χ3v) is 11.2. The molecule has 0 aromatic heterocycles. The van der Waals surface area contributed by atoms with Gasteiger partial charge in [-0.1, -0.05) is 177 Å². The van der Waals surface area contributed by atoms with Gasteiger partial charge in [-0.25, -0.2) is 0 Å². The summed E-state index contributed by atoms with van der Waals surface area (Å²) < 4.78 is 11.2. The quantitative estimate of drug-likeness (QED) is 0.0264. The van der Waals surface area contributed by atoms with Gasteiger partial charge in [0.25, 0.3) is 0 Å². The Morgan fingerprint density at radius 3 is 1.52 bits per heavy atom. The summed E-state index contributed by atoms with van der Waals surface area (Å²) >= 11 is 0. The van der Waals surface area contributed by atoms with Gasteiger partial charge in [0.05, 0.1) is 25.4 Å². The van der Waals surface area contributed by atoms with Gasteiger partial charge in [-0.15, -0.1) is 0 Å². The zero-order chi connectivity index (χ0) is 44.4. The minimum Gasteiger partial charge on any atom is -0.394 e. The molecule has 0 aromatic carbocycles. The molecule has 0 aliphatic carbocycles. The number of ether oxygens (including phenoxy) is 2. The van der Waals surface area contributed by atoms with Crippen LogP contribution in [0.15, 0.2) is 72.9 Å². The molecule has 0 saturated carbocycles. The molecule has 1 heterocycles. The molecule has 0 bridgehead atoms. The molecule has 7 unspecified atom stereocenters. The molecule has 0 aromatic rings. The molecular weight excluding hydrogens is 767 g/mol. The Kier molecular flexibility index (Phi) is 38.7. The van der Waals surface area contributed by atoms with Gasteiger partial charge in [0.2, 0.25) is 5.91 Å². The average Bonchev–Trinajstić information content (AvgIpc) is 3.26. The van der Waals surface area contributed by atoms with Gasteiger partial charge in [-0.3, -0.25) is 4.79 Å². The Morgan fingerprint density at radius 2 is 0.984 bits per heavy atom. The number of hydrogen-bond acceptors (Lipinski definition) is 8. The van der Waals surface area contributed by atoms with E-state index < -0.39 is 49.5 Å². The van der Waals surface area contributed by atoms with Crippen molar-refractivity contribution in [3.8, 4) is 0 Å². The van der Waals surface area contributed by atoms with Crippen molar-refractivity contribution >= 4 is 5.91 Å². The van der Waals surface area contributed by atoms with Crippen molar-refractivity contribution in [3.63, 3.8) is 0 Å². The molecule has 1 saturated heterocycles. The topological polar surface area (TPSA) is 149 Å². The van der Waals surface area contributed by atoms with E-state index in [-0.39, 0.29) is 12.5 Å². The molecule has 7 atom stereocenters. The van der Waals surface area contributed by atoms with Crippen molar-refractivity contribution in [1.29, 1.82) is 0 Å². The highest BCUT2D eigenvalue weighted by Gasteiger charge is 2.44. The van der Waals surface area contributed by atoms with Crippen LogP contribution in [0.3, 0.4) is 0 Å². The van der Waals surface area contributed by atoms with Crippen LogP contribution in [-0.4, -0.2) is 87.5 Å². The molecule has 352 valence electrons. The van der Waals surface area contributed by atoms with Gasteiger partial charge >= 0.3 is 0 Å². The van der Waals surface area contributed by atoms with Crippen LogP contribution in [0.2, 0.25) is 0 Å². The molecule has 1 aliphatic rings. The molecule has 1 fully saturated rings. The third-order valence-electron chi connectivity index (χ3n) is 11.2. The van der Waals surface area contributed by atoms with Crippen molar-refractivity contribution < 1.29 is 39.8 Å². The number of unbranched alkanes of at least 4 members (excludes halogenated alkanes) is 20. The molecule has 1 aliphatic heterocycles. The lowest BCUT2D eigenvalue weighted by Gasteiger charge is -2.40. The summed E-state index contributed by atoms with van der Waals surface area (Å²) in [5.41, 5.74) is 0. The molecule has 1 rings (SSSR count).